The van der Waals surface area contributed by atoms with Crippen molar-refractivity contribution in [3.8, 4) is 5.75 Å². The zero-order chi connectivity index (χ0) is 25.4. The molecule has 1 aliphatic carbocycles. The minimum absolute atomic E-state index is 0.0278. The quantitative estimate of drug-likeness (QED) is 0.401. The molecule has 1 saturated carbocycles. The van der Waals surface area contributed by atoms with E-state index in [9.17, 15) is 18.0 Å². The number of hydrogen-bond donors (Lipinski definition) is 2. The first-order valence-electron chi connectivity index (χ1n) is 11.3. The molecule has 186 valence electrons. The molecule has 0 aliphatic heterocycles. The van der Waals surface area contributed by atoms with Crippen molar-refractivity contribution in [3.63, 3.8) is 0 Å². The van der Waals surface area contributed by atoms with E-state index in [0.29, 0.717) is 24.0 Å². The van der Waals surface area contributed by atoms with E-state index in [-0.39, 0.29) is 34.2 Å². The molecule has 1 aliphatic rings. The van der Waals surface area contributed by atoms with E-state index in [4.69, 9.17) is 4.74 Å². The van der Waals surface area contributed by atoms with Crippen molar-refractivity contribution < 1.29 is 22.7 Å². The van der Waals surface area contributed by atoms with Crippen LogP contribution in [0, 0.1) is 11.6 Å². The number of ether oxygens (including phenoxy) is 1. The summed E-state index contributed by atoms with van der Waals surface area (Å²) in [4.78, 5) is 21.7. The molecule has 5 rings (SSSR count). The summed E-state index contributed by atoms with van der Waals surface area (Å²) in [5, 5.41) is 10.2. The number of amides is 1. The summed E-state index contributed by atoms with van der Waals surface area (Å²) >= 11 is 0. The van der Waals surface area contributed by atoms with Crippen LogP contribution in [0.1, 0.15) is 40.4 Å². The summed E-state index contributed by atoms with van der Waals surface area (Å²) in [5.74, 6) is -1.53. The smallest absolute Gasteiger partial charge is 0.252 e. The first-order chi connectivity index (χ1) is 17.3. The standard InChI is InChI=1S/C25H23F3N6O2/c1-34-12-15(10-30-34)23(13-3-4-22(36-2)20(28)5-13)33-24(35)14-6-19(27)18-11-29-25(32-21(18)7-14)31-17-8-16(26)9-17/h3-7,10-12,16-17,23H,8-9H2,1-2H3,(H,33,35)(H,29,31,32)/t16-,17+,23-/m0/s1. The number of anilines is 1. The number of carbonyl (C=O) groups excluding carboxylic acids is 1. The second-order valence-corrected chi connectivity index (χ2v) is 8.74. The van der Waals surface area contributed by atoms with Crippen LogP contribution in [0.3, 0.4) is 0 Å². The fourth-order valence-corrected chi connectivity index (χ4v) is 4.17. The van der Waals surface area contributed by atoms with E-state index < -0.39 is 29.8 Å². The number of rotatable bonds is 7. The first kappa shape index (κ1) is 23.6. The molecule has 36 heavy (non-hydrogen) atoms. The predicted octanol–water partition coefficient (Wildman–Crippen LogP) is 4.08. The fraction of sp³-hybridized carbons (Fsp3) is 0.280. The third-order valence-electron chi connectivity index (χ3n) is 6.17. The fourth-order valence-electron chi connectivity index (χ4n) is 4.17. The maximum absolute atomic E-state index is 14.8. The van der Waals surface area contributed by atoms with Crippen LogP contribution >= 0.6 is 0 Å². The van der Waals surface area contributed by atoms with Crippen molar-refractivity contribution in [3.05, 3.63) is 77.2 Å². The average Bonchev–Trinajstić information content (AvgIpc) is 3.27. The molecular formula is C25H23F3N6O2. The minimum atomic E-state index is -0.845. The lowest BCUT2D eigenvalue weighted by Gasteiger charge is -2.30. The number of carbonyl (C=O) groups is 1. The topological polar surface area (TPSA) is 94.0 Å². The average molecular weight is 496 g/mol. The Hall–Kier alpha value is -4.15. The monoisotopic (exact) mass is 496 g/mol. The van der Waals surface area contributed by atoms with Gasteiger partial charge in [0.1, 0.15) is 12.0 Å². The second-order valence-electron chi connectivity index (χ2n) is 8.74. The number of aryl methyl sites for hydroxylation is 1. The molecule has 0 radical (unpaired) electrons. The van der Waals surface area contributed by atoms with Gasteiger partial charge in [-0.25, -0.2) is 23.1 Å². The number of halogens is 3. The zero-order valence-corrected chi connectivity index (χ0v) is 19.5. The lowest BCUT2D eigenvalue weighted by atomic mass is 9.91. The van der Waals surface area contributed by atoms with Gasteiger partial charge in [-0.05, 0) is 42.7 Å². The van der Waals surface area contributed by atoms with Crippen LogP contribution in [0.25, 0.3) is 10.9 Å². The van der Waals surface area contributed by atoms with Gasteiger partial charge in [-0.2, -0.15) is 5.10 Å². The van der Waals surface area contributed by atoms with Crippen LogP contribution in [-0.2, 0) is 7.05 Å². The highest BCUT2D eigenvalue weighted by Crippen LogP contribution is 2.28. The zero-order valence-electron chi connectivity index (χ0n) is 19.5. The molecule has 2 heterocycles. The van der Waals surface area contributed by atoms with Gasteiger partial charge in [0, 0.05) is 36.6 Å². The van der Waals surface area contributed by atoms with Crippen molar-refractivity contribution in [2.24, 2.45) is 7.05 Å². The SMILES string of the molecule is COc1ccc([C@H](NC(=O)c2cc(F)c3cnc(N[C@H]4C[C@@H](F)C4)nc3c2)c2cnn(C)c2)cc1F. The number of hydrogen-bond acceptors (Lipinski definition) is 6. The lowest BCUT2D eigenvalue weighted by molar-refractivity contribution is 0.0942. The van der Waals surface area contributed by atoms with Crippen molar-refractivity contribution in [2.75, 3.05) is 12.4 Å². The van der Waals surface area contributed by atoms with Crippen molar-refractivity contribution in [1.29, 1.82) is 0 Å². The number of aromatic nitrogens is 4. The Balaban J connectivity index is 1.45. The van der Waals surface area contributed by atoms with Gasteiger partial charge in [0.25, 0.3) is 5.91 Å². The molecule has 0 spiro atoms. The third-order valence-corrected chi connectivity index (χ3v) is 6.17. The molecule has 2 aromatic carbocycles. The van der Waals surface area contributed by atoms with Crippen LogP contribution in [0.15, 0.2) is 48.9 Å². The predicted molar refractivity (Wildman–Crippen MR) is 127 cm³/mol. The van der Waals surface area contributed by atoms with E-state index in [2.05, 4.69) is 25.7 Å². The van der Waals surface area contributed by atoms with E-state index in [1.165, 1.54) is 31.5 Å². The second kappa shape index (κ2) is 9.48. The van der Waals surface area contributed by atoms with Crippen molar-refractivity contribution >= 4 is 22.8 Å². The van der Waals surface area contributed by atoms with Crippen LogP contribution in [0.4, 0.5) is 19.1 Å². The van der Waals surface area contributed by atoms with Crippen LogP contribution < -0.4 is 15.4 Å². The van der Waals surface area contributed by atoms with E-state index >= 15 is 0 Å². The number of methoxy groups -OCH3 is 1. The minimum Gasteiger partial charge on any atom is -0.494 e. The maximum atomic E-state index is 14.8. The van der Waals surface area contributed by atoms with Gasteiger partial charge in [0.2, 0.25) is 5.95 Å². The molecule has 1 fully saturated rings. The van der Waals surface area contributed by atoms with Gasteiger partial charge < -0.3 is 15.4 Å². The summed E-state index contributed by atoms with van der Waals surface area (Å²) in [6, 6.07) is 6.07. The van der Waals surface area contributed by atoms with E-state index in [1.54, 1.807) is 30.2 Å². The van der Waals surface area contributed by atoms with Gasteiger partial charge in [-0.1, -0.05) is 6.07 Å². The van der Waals surface area contributed by atoms with Crippen molar-refractivity contribution in [1.82, 2.24) is 25.1 Å². The van der Waals surface area contributed by atoms with Gasteiger partial charge in [0.05, 0.1) is 30.3 Å². The molecular weight excluding hydrogens is 473 g/mol. The molecule has 2 N–H and O–H groups in total. The molecule has 0 unspecified atom stereocenters. The molecule has 0 bridgehead atoms. The van der Waals surface area contributed by atoms with E-state index in [0.717, 1.165) is 6.07 Å². The Bertz CT molecular complexity index is 1440. The largest absolute Gasteiger partial charge is 0.494 e. The number of nitrogens with one attached hydrogen (secondary N) is 2. The normalized spacial score (nSPS) is 17.9. The molecule has 0 saturated heterocycles. The first-order valence-corrected chi connectivity index (χ1v) is 11.3. The van der Waals surface area contributed by atoms with Crippen LogP contribution in [0.5, 0.6) is 5.75 Å². The third kappa shape index (κ3) is 4.68. The van der Waals surface area contributed by atoms with Gasteiger partial charge in [-0.15, -0.1) is 0 Å². The Kier molecular flexibility index (Phi) is 6.21. The lowest BCUT2D eigenvalue weighted by Crippen LogP contribution is -2.37. The molecule has 4 aromatic rings. The number of nitrogens with zero attached hydrogens (tertiary/aromatic N) is 4. The maximum Gasteiger partial charge on any atom is 0.252 e. The van der Waals surface area contributed by atoms with Crippen LogP contribution in [-0.4, -0.2) is 45.0 Å². The summed E-state index contributed by atoms with van der Waals surface area (Å²) in [5.41, 5.74) is 1.32. The molecule has 1 amide bonds. The highest BCUT2D eigenvalue weighted by Gasteiger charge is 2.29. The summed E-state index contributed by atoms with van der Waals surface area (Å²) < 4.78 is 49.0. The van der Waals surface area contributed by atoms with Gasteiger partial charge in [0.15, 0.2) is 11.6 Å². The number of fused-ring (bicyclic) bond motifs is 1. The Labute approximate surface area is 204 Å². The van der Waals surface area contributed by atoms with Crippen LogP contribution in [0.2, 0.25) is 0 Å². The molecule has 8 nitrogen and oxygen atoms in total. The highest BCUT2D eigenvalue weighted by atomic mass is 19.1. The molecule has 11 heteroatoms. The highest BCUT2D eigenvalue weighted by molar-refractivity contribution is 5.98. The summed E-state index contributed by atoms with van der Waals surface area (Å²) in [7, 11) is 3.08. The Morgan fingerprint density at radius 3 is 2.61 bits per heavy atom. The van der Waals surface area contributed by atoms with Gasteiger partial charge in [-0.3, -0.25) is 9.48 Å². The summed E-state index contributed by atoms with van der Waals surface area (Å²) in [6.07, 6.45) is 4.46. The molecule has 2 aromatic heterocycles. The van der Waals surface area contributed by atoms with Crippen molar-refractivity contribution in [2.45, 2.75) is 31.1 Å². The summed E-state index contributed by atoms with van der Waals surface area (Å²) in [6.45, 7) is 0. The molecule has 1 atom stereocenters. The Morgan fingerprint density at radius 2 is 1.94 bits per heavy atom. The Morgan fingerprint density at radius 1 is 1.14 bits per heavy atom. The van der Waals surface area contributed by atoms with E-state index in [1.807, 2.05) is 0 Å². The number of alkyl halides is 1. The van der Waals surface area contributed by atoms with Gasteiger partial charge >= 0.3 is 0 Å². The number of benzene rings is 2.